The van der Waals surface area contributed by atoms with E-state index in [0.29, 0.717) is 56.5 Å². The van der Waals surface area contributed by atoms with Crippen molar-refractivity contribution in [2.24, 2.45) is 5.92 Å². The van der Waals surface area contributed by atoms with E-state index in [0.717, 1.165) is 5.56 Å². The minimum absolute atomic E-state index is 0.0110. The summed E-state index contributed by atoms with van der Waals surface area (Å²) in [5, 5.41) is 3.59. The van der Waals surface area contributed by atoms with E-state index >= 15 is 0 Å². The van der Waals surface area contributed by atoms with Crippen molar-refractivity contribution in [3.8, 4) is 0 Å². The SMILES string of the molecule is CC(C)CC(NC(=O)CCc1ccccc1Cl)C(=O)N1CCOCC1. The van der Waals surface area contributed by atoms with E-state index in [1.165, 1.54) is 0 Å². The number of amides is 2. The summed E-state index contributed by atoms with van der Waals surface area (Å²) in [5.41, 5.74) is 0.944. The van der Waals surface area contributed by atoms with Crippen LogP contribution in [0.1, 0.15) is 32.3 Å². The number of nitrogens with one attached hydrogen (secondary N) is 1. The lowest BCUT2D eigenvalue weighted by atomic mass is 10.0. The van der Waals surface area contributed by atoms with Crippen LogP contribution in [0.3, 0.4) is 0 Å². The van der Waals surface area contributed by atoms with Gasteiger partial charge in [0, 0.05) is 24.5 Å². The van der Waals surface area contributed by atoms with Crippen molar-refractivity contribution in [2.75, 3.05) is 26.3 Å². The molecule has 1 atom stereocenters. The molecule has 0 bridgehead atoms. The third-order valence-electron chi connectivity index (χ3n) is 4.24. The Hall–Kier alpha value is -1.59. The lowest BCUT2D eigenvalue weighted by Crippen LogP contribution is -2.52. The fourth-order valence-corrected chi connectivity index (χ4v) is 3.14. The van der Waals surface area contributed by atoms with Crippen LogP contribution >= 0.6 is 11.6 Å². The Labute approximate surface area is 154 Å². The molecule has 1 heterocycles. The van der Waals surface area contributed by atoms with Gasteiger partial charge in [-0.1, -0.05) is 43.6 Å². The highest BCUT2D eigenvalue weighted by Crippen LogP contribution is 2.17. The summed E-state index contributed by atoms with van der Waals surface area (Å²) in [6.45, 7) is 6.39. The van der Waals surface area contributed by atoms with Crippen LogP contribution in [0.25, 0.3) is 0 Å². The van der Waals surface area contributed by atoms with Gasteiger partial charge in [-0.25, -0.2) is 0 Å². The number of hydrogen-bond acceptors (Lipinski definition) is 3. The highest BCUT2D eigenvalue weighted by molar-refractivity contribution is 6.31. The topological polar surface area (TPSA) is 58.6 Å². The molecule has 1 fully saturated rings. The lowest BCUT2D eigenvalue weighted by molar-refractivity contribution is -0.140. The molecule has 2 rings (SSSR count). The molecule has 5 nitrogen and oxygen atoms in total. The van der Waals surface area contributed by atoms with Crippen LogP contribution in [0.2, 0.25) is 5.02 Å². The first kappa shape index (κ1) is 19.7. The van der Waals surface area contributed by atoms with Crippen molar-refractivity contribution in [3.05, 3.63) is 34.9 Å². The number of morpholine rings is 1. The Morgan fingerprint density at radius 2 is 1.92 bits per heavy atom. The summed E-state index contributed by atoms with van der Waals surface area (Å²) in [7, 11) is 0. The summed E-state index contributed by atoms with van der Waals surface area (Å²) in [4.78, 5) is 26.9. The van der Waals surface area contributed by atoms with Crippen LogP contribution in [-0.4, -0.2) is 49.1 Å². The first-order valence-electron chi connectivity index (χ1n) is 8.86. The van der Waals surface area contributed by atoms with Crippen molar-refractivity contribution < 1.29 is 14.3 Å². The predicted molar refractivity (Wildman–Crippen MR) is 98.6 cm³/mol. The molecule has 1 aromatic rings. The van der Waals surface area contributed by atoms with Gasteiger partial charge in [0.25, 0.3) is 0 Å². The van der Waals surface area contributed by atoms with E-state index < -0.39 is 6.04 Å². The largest absolute Gasteiger partial charge is 0.378 e. The number of halogens is 1. The Morgan fingerprint density at radius 1 is 1.24 bits per heavy atom. The summed E-state index contributed by atoms with van der Waals surface area (Å²) in [5.74, 6) is 0.189. The number of ether oxygens (including phenoxy) is 1. The molecule has 138 valence electrons. The van der Waals surface area contributed by atoms with Crippen molar-refractivity contribution in [3.63, 3.8) is 0 Å². The first-order valence-corrected chi connectivity index (χ1v) is 9.24. The lowest BCUT2D eigenvalue weighted by Gasteiger charge is -2.31. The molecule has 1 saturated heterocycles. The average molecular weight is 367 g/mol. The molecule has 6 heteroatoms. The third-order valence-corrected chi connectivity index (χ3v) is 4.61. The number of carbonyl (C=O) groups is 2. The van der Waals surface area contributed by atoms with Crippen LogP contribution in [0.4, 0.5) is 0 Å². The number of nitrogens with zero attached hydrogens (tertiary/aromatic N) is 1. The second kappa shape index (κ2) is 9.78. The third kappa shape index (κ3) is 6.33. The minimum Gasteiger partial charge on any atom is -0.378 e. The molecule has 0 spiro atoms. The van der Waals surface area contributed by atoms with Crippen molar-refractivity contribution >= 4 is 23.4 Å². The minimum atomic E-state index is -0.475. The van der Waals surface area contributed by atoms with Gasteiger partial charge in [0.15, 0.2) is 0 Å². The van der Waals surface area contributed by atoms with Gasteiger partial charge in [-0.2, -0.15) is 0 Å². The monoisotopic (exact) mass is 366 g/mol. The molecule has 1 N–H and O–H groups in total. The van der Waals surface area contributed by atoms with E-state index in [4.69, 9.17) is 16.3 Å². The van der Waals surface area contributed by atoms with E-state index in [9.17, 15) is 9.59 Å². The summed E-state index contributed by atoms with van der Waals surface area (Å²) >= 11 is 6.13. The van der Waals surface area contributed by atoms with Gasteiger partial charge in [0.05, 0.1) is 13.2 Å². The molecule has 0 saturated carbocycles. The fraction of sp³-hybridized carbons (Fsp3) is 0.579. The molecular weight excluding hydrogens is 340 g/mol. The zero-order chi connectivity index (χ0) is 18.2. The van der Waals surface area contributed by atoms with Gasteiger partial charge in [-0.05, 0) is 30.4 Å². The number of benzene rings is 1. The first-order chi connectivity index (χ1) is 12.0. The smallest absolute Gasteiger partial charge is 0.245 e. The summed E-state index contributed by atoms with van der Waals surface area (Å²) in [6, 6.07) is 7.03. The highest BCUT2D eigenvalue weighted by atomic mass is 35.5. The van der Waals surface area contributed by atoms with E-state index in [2.05, 4.69) is 19.2 Å². The predicted octanol–water partition coefficient (Wildman–Crippen LogP) is 2.66. The maximum atomic E-state index is 12.7. The second-order valence-corrected chi connectivity index (χ2v) is 7.19. The number of rotatable bonds is 7. The summed E-state index contributed by atoms with van der Waals surface area (Å²) in [6.07, 6.45) is 1.51. The van der Waals surface area contributed by atoms with Crippen LogP contribution in [0.5, 0.6) is 0 Å². The van der Waals surface area contributed by atoms with E-state index in [1.54, 1.807) is 4.90 Å². The van der Waals surface area contributed by atoms with Crippen LogP contribution in [0.15, 0.2) is 24.3 Å². The molecule has 1 unspecified atom stereocenters. The van der Waals surface area contributed by atoms with Gasteiger partial charge >= 0.3 is 0 Å². The molecule has 2 amide bonds. The molecule has 25 heavy (non-hydrogen) atoms. The molecular formula is C19H27ClN2O3. The fourth-order valence-electron chi connectivity index (χ4n) is 2.91. The molecule has 1 aromatic carbocycles. The standard InChI is InChI=1S/C19H27ClN2O3/c1-14(2)13-17(19(24)22-9-11-25-12-10-22)21-18(23)8-7-15-5-3-4-6-16(15)20/h3-6,14,17H,7-13H2,1-2H3,(H,21,23). The van der Waals surface area contributed by atoms with Gasteiger partial charge in [0.1, 0.15) is 6.04 Å². The Kier molecular flexibility index (Phi) is 7.72. The van der Waals surface area contributed by atoms with Crippen molar-refractivity contribution in [1.29, 1.82) is 0 Å². The molecule has 0 aliphatic carbocycles. The van der Waals surface area contributed by atoms with Crippen LogP contribution in [-0.2, 0) is 20.7 Å². The maximum Gasteiger partial charge on any atom is 0.245 e. The number of hydrogen-bond donors (Lipinski definition) is 1. The zero-order valence-electron chi connectivity index (χ0n) is 15.0. The normalized spacial score (nSPS) is 15.9. The number of aryl methyl sites for hydroxylation is 1. The Balaban J connectivity index is 1.92. The van der Waals surface area contributed by atoms with Gasteiger partial charge in [-0.3, -0.25) is 9.59 Å². The zero-order valence-corrected chi connectivity index (χ0v) is 15.7. The quantitative estimate of drug-likeness (QED) is 0.807. The van der Waals surface area contributed by atoms with Crippen LogP contribution < -0.4 is 5.32 Å². The molecule has 0 aromatic heterocycles. The average Bonchev–Trinajstić information content (AvgIpc) is 2.60. The van der Waals surface area contributed by atoms with E-state index in [-0.39, 0.29) is 11.8 Å². The Morgan fingerprint density at radius 3 is 2.56 bits per heavy atom. The maximum absolute atomic E-state index is 12.7. The Bertz CT molecular complexity index is 586. The number of carbonyl (C=O) groups excluding carboxylic acids is 2. The van der Waals surface area contributed by atoms with Crippen LogP contribution in [0, 0.1) is 5.92 Å². The van der Waals surface area contributed by atoms with Gasteiger partial charge < -0.3 is 15.0 Å². The van der Waals surface area contributed by atoms with E-state index in [1.807, 2.05) is 24.3 Å². The van der Waals surface area contributed by atoms with Gasteiger partial charge in [-0.15, -0.1) is 0 Å². The molecule has 1 aliphatic rings. The van der Waals surface area contributed by atoms with Crippen molar-refractivity contribution in [2.45, 2.75) is 39.2 Å². The molecule has 1 aliphatic heterocycles. The van der Waals surface area contributed by atoms with Crippen molar-refractivity contribution in [1.82, 2.24) is 10.2 Å². The van der Waals surface area contributed by atoms with Gasteiger partial charge in [0.2, 0.25) is 11.8 Å². The summed E-state index contributed by atoms with van der Waals surface area (Å²) < 4.78 is 5.30. The molecule has 0 radical (unpaired) electrons. The second-order valence-electron chi connectivity index (χ2n) is 6.78. The highest BCUT2D eigenvalue weighted by Gasteiger charge is 2.27.